The average Bonchev–Trinajstić information content (AvgIpc) is 3.07. The highest BCUT2D eigenvalue weighted by Crippen LogP contribution is 2.34. The van der Waals surface area contributed by atoms with E-state index in [2.05, 4.69) is 5.10 Å². The van der Waals surface area contributed by atoms with Crippen molar-refractivity contribution >= 4 is 17.3 Å². The molecule has 128 valence electrons. The molecule has 1 atom stereocenters. The summed E-state index contributed by atoms with van der Waals surface area (Å²) in [5.41, 5.74) is 2.70. The Hall–Kier alpha value is -3.02. The number of nitrogens with zero attached hydrogens (tertiary/aromatic N) is 3. The molecule has 0 saturated carbocycles. The Bertz CT molecular complexity index is 814. The van der Waals surface area contributed by atoms with Gasteiger partial charge < -0.3 is 0 Å². The molecule has 0 aromatic heterocycles. The molecular weight excluding hydrogens is 318 g/mol. The van der Waals surface area contributed by atoms with Crippen LogP contribution in [0.5, 0.6) is 0 Å². The Labute approximate surface area is 145 Å². The number of non-ortho nitro benzene ring substituents is 1. The Morgan fingerprint density at radius 1 is 1.16 bits per heavy atom. The van der Waals surface area contributed by atoms with E-state index in [-0.39, 0.29) is 23.6 Å². The number of nitro benzene ring substituents is 1. The molecular formula is C19H19N3O3. The van der Waals surface area contributed by atoms with Crippen molar-refractivity contribution in [2.45, 2.75) is 26.3 Å². The summed E-state index contributed by atoms with van der Waals surface area (Å²) in [7, 11) is 0. The molecule has 2 aromatic carbocycles. The minimum atomic E-state index is -0.429. The van der Waals surface area contributed by atoms with Gasteiger partial charge in [-0.15, -0.1) is 0 Å². The van der Waals surface area contributed by atoms with E-state index in [0.717, 1.165) is 16.8 Å². The Morgan fingerprint density at radius 3 is 2.36 bits per heavy atom. The zero-order chi connectivity index (χ0) is 18.0. The number of hydrogen-bond acceptors (Lipinski definition) is 4. The van der Waals surface area contributed by atoms with Crippen LogP contribution in [0.2, 0.25) is 0 Å². The number of carbonyl (C=O) groups excluding carboxylic acids is 1. The number of benzene rings is 2. The molecule has 1 aliphatic rings. The van der Waals surface area contributed by atoms with Gasteiger partial charge in [-0.25, -0.2) is 5.01 Å². The van der Waals surface area contributed by atoms with Crippen molar-refractivity contribution in [1.82, 2.24) is 5.01 Å². The van der Waals surface area contributed by atoms with Crippen molar-refractivity contribution in [2.75, 3.05) is 0 Å². The van der Waals surface area contributed by atoms with Crippen molar-refractivity contribution in [3.05, 3.63) is 75.8 Å². The van der Waals surface area contributed by atoms with Crippen molar-refractivity contribution in [2.24, 2.45) is 11.0 Å². The molecule has 0 aliphatic carbocycles. The van der Waals surface area contributed by atoms with Crippen LogP contribution < -0.4 is 0 Å². The molecule has 1 aliphatic heterocycles. The molecule has 0 saturated heterocycles. The van der Waals surface area contributed by atoms with Gasteiger partial charge >= 0.3 is 0 Å². The van der Waals surface area contributed by atoms with Crippen LogP contribution in [0.15, 0.2) is 59.7 Å². The highest BCUT2D eigenvalue weighted by molar-refractivity contribution is 6.03. The van der Waals surface area contributed by atoms with Crippen LogP contribution in [0.25, 0.3) is 0 Å². The third kappa shape index (κ3) is 3.42. The molecule has 0 fully saturated rings. The van der Waals surface area contributed by atoms with Crippen LogP contribution in [-0.4, -0.2) is 21.6 Å². The zero-order valence-corrected chi connectivity index (χ0v) is 14.1. The van der Waals surface area contributed by atoms with Crippen LogP contribution in [-0.2, 0) is 4.79 Å². The summed E-state index contributed by atoms with van der Waals surface area (Å²) in [6.07, 6.45) is 0.584. The number of hydrogen-bond donors (Lipinski definition) is 0. The van der Waals surface area contributed by atoms with Crippen molar-refractivity contribution in [3.8, 4) is 0 Å². The smallest absolute Gasteiger partial charge is 0.269 e. The second-order valence-electron chi connectivity index (χ2n) is 6.32. The second kappa shape index (κ2) is 6.84. The van der Waals surface area contributed by atoms with Crippen LogP contribution in [0, 0.1) is 16.0 Å². The number of carbonyl (C=O) groups is 1. The molecule has 3 rings (SSSR count). The van der Waals surface area contributed by atoms with Crippen LogP contribution >= 0.6 is 0 Å². The Balaban J connectivity index is 1.94. The normalized spacial score (nSPS) is 16.8. The first-order valence-electron chi connectivity index (χ1n) is 8.17. The molecule has 1 amide bonds. The van der Waals surface area contributed by atoms with Gasteiger partial charge in [-0.3, -0.25) is 14.9 Å². The lowest BCUT2D eigenvalue weighted by molar-refractivity contribution is -0.384. The first kappa shape index (κ1) is 16.8. The molecule has 6 heteroatoms. The van der Waals surface area contributed by atoms with Gasteiger partial charge in [-0.2, -0.15) is 5.10 Å². The SMILES string of the molecule is CC(C)C(=O)N1N=C(c2ccccc2)C[C@@H]1c1ccc([N+](=O)[O-])cc1. The van der Waals surface area contributed by atoms with Crippen LogP contribution in [0.4, 0.5) is 5.69 Å². The minimum Gasteiger partial charge on any atom is -0.273 e. The molecule has 0 N–H and O–H groups in total. The van der Waals surface area contributed by atoms with Gasteiger partial charge in [0.25, 0.3) is 5.69 Å². The maximum Gasteiger partial charge on any atom is 0.269 e. The van der Waals surface area contributed by atoms with Crippen molar-refractivity contribution in [3.63, 3.8) is 0 Å². The summed E-state index contributed by atoms with van der Waals surface area (Å²) in [6, 6.07) is 15.8. The van der Waals surface area contributed by atoms with Gasteiger partial charge in [-0.05, 0) is 11.1 Å². The summed E-state index contributed by atoms with van der Waals surface area (Å²) < 4.78 is 0. The van der Waals surface area contributed by atoms with E-state index >= 15 is 0 Å². The molecule has 0 spiro atoms. The topological polar surface area (TPSA) is 75.8 Å². The largest absolute Gasteiger partial charge is 0.273 e. The van der Waals surface area contributed by atoms with E-state index in [4.69, 9.17) is 0 Å². The first-order valence-corrected chi connectivity index (χ1v) is 8.17. The molecule has 0 radical (unpaired) electrons. The minimum absolute atomic E-state index is 0.0349. The summed E-state index contributed by atoms with van der Waals surface area (Å²) in [5.74, 6) is -0.242. The average molecular weight is 337 g/mol. The summed E-state index contributed by atoms with van der Waals surface area (Å²) in [4.78, 5) is 23.0. The highest BCUT2D eigenvalue weighted by atomic mass is 16.6. The monoisotopic (exact) mass is 337 g/mol. The summed E-state index contributed by atoms with van der Waals surface area (Å²) >= 11 is 0. The van der Waals surface area contributed by atoms with E-state index < -0.39 is 4.92 Å². The van der Waals surface area contributed by atoms with Crippen molar-refractivity contribution in [1.29, 1.82) is 0 Å². The number of rotatable bonds is 4. The van der Waals surface area contributed by atoms with Gasteiger partial charge in [0, 0.05) is 24.5 Å². The van der Waals surface area contributed by atoms with E-state index in [1.165, 1.54) is 17.1 Å². The number of nitro groups is 1. The molecule has 6 nitrogen and oxygen atoms in total. The van der Waals surface area contributed by atoms with E-state index in [1.54, 1.807) is 12.1 Å². The fraction of sp³-hybridized carbons (Fsp3) is 0.263. The summed E-state index contributed by atoms with van der Waals surface area (Å²) in [5, 5.41) is 16.9. The fourth-order valence-corrected chi connectivity index (χ4v) is 2.86. The number of amides is 1. The number of hydrazone groups is 1. The van der Waals surface area contributed by atoms with Gasteiger partial charge in [0.15, 0.2) is 0 Å². The molecule has 0 unspecified atom stereocenters. The lowest BCUT2D eigenvalue weighted by atomic mass is 9.98. The van der Waals surface area contributed by atoms with Crippen LogP contribution in [0.3, 0.4) is 0 Å². The van der Waals surface area contributed by atoms with Gasteiger partial charge in [-0.1, -0.05) is 56.3 Å². The molecule has 2 aromatic rings. The first-order chi connectivity index (χ1) is 12.0. The molecule has 25 heavy (non-hydrogen) atoms. The lowest BCUT2D eigenvalue weighted by Crippen LogP contribution is -2.30. The Morgan fingerprint density at radius 2 is 1.80 bits per heavy atom. The predicted octanol–water partition coefficient (Wildman–Crippen LogP) is 3.93. The standard InChI is InChI=1S/C19H19N3O3/c1-13(2)19(23)21-18(15-8-10-16(11-9-15)22(24)25)12-17(20-21)14-6-4-3-5-7-14/h3-11,13,18H,12H2,1-2H3/t18-/m1/s1. The fourth-order valence-electron chi connectivity index (χ4n) is 2.86. The second-order valence-corrected chi connectivity index (χ2v) is 6.32. The lowest BCUT2D eigenvalue weighted by Gasteiger charge is -2.23. The third-order valence-electron chi connectivity index (χ3n) is 4.23. The zero-order valence-electron chi connectivity index (χ0n) is 14.1. The molecule has 0 bridgehead atoms. The molecule has 1 heterocycles. The van der Waals surface area contributed by atoms with E-state index in [1.807, 2.05) is 44.2 Å². The van der Waals surface area contributed by atoms with E-state index in [9.17, 15) is 14.9 Å². The van der Waals surface area contributed by atoms with Gasteiger partial charge in [0.1, 0.15) is 0 Å². The van der Waals surface area contributed by atoms with Crippen molar-refractivity contribution < 1.29 is 9.72 Å². The van der Waals surface area contributed by atoms with Gasteiger partial charge in [0.05, 0.1) is 16.7 Å². The highest BCUT2D eigenvalue weighted by Gasteiger charge is 2.34. The summed E-state index contributed by atoms with van der Waals surface area (Å²) in [6.45, 7) is 3.68. The van der Waals surface area contributed by atoms with Crippen LogP contribution in [0.1, 0.15) is 37.4 Å². The Kier molecular flexibility index (Phi) is 4.61. The maximum atomic E-state index is 12.6. The van der Waals surface area contributed by atoms with Gasteiger partial charge in [0.2, 0.25) is 5.91 Å². The predicted molar refractivity (Wildman–Crippen MR) is 95.1 cm³/mol. The maximum absolute atomic E-state index is 12.6. The third-order valence-corrected chi connectivity index (χ3v) is 4.23. The van der Waals surface area contributed by atoms with E-state index in [0.29, 0.717) is 6.42 Å². The quantitative estimate of drug-likeness (QED) is 0.626.